The number of nitrogens with zero attached hydrogens (tertiary/aromatic N) is 1. The first-order valence-electron chi connectivity index (χ1n) is 5.72. The topological polar surface area (TPSA) is 61.8 Å². The van der Waals surface area contributed by atoms with E-state index in [2.05, 4.69) is 5.32 Å². The Morgan fingerprint density at radius 3 is 2.81 bits per heavy atom. The molecule has 16 heavy (non-hydrogen) atoms. The van der Waals surface area contributed by atoms with Crippen LogP contribution in [-0.2, 0) is 4.74 Å². The third-order valence-corrected chi connectivity index (χ3v) is 2.38. The number of hydrogen-bond donors (Lipinski definition) is 2. The van der Waals surface area contributed by atoms with Gasteiger partial charge in [-0.25, -0.2) is 4.79 Å². The van der Waals surface area contributed by atoms with Gasteiger partial charge in [-0.1, -0.05) is 0 Å². The molecule has 1 atom stereocenters. The van der Waals surface area contributed by atoms with Crippen LogP contribution in [0.3, 0.4) is 0 Å². The first kappa shape index (κ1) is 13.3. The van der Waals surface area contributed by atoms with Gasteiger partial charge in [0.05, 0.1) is 0 Å². The molecule has 2 N–H and O–H groups in total. The Labute approximate surface area is 96.8 Å². The van der Waals surface area contributed by atoms with Gasteiger partial charge in [0.2, 0.25) is 0 Å². The normalized spacial score (nSPS) is 22.8. The van der Waals surface area contributed by atoms with Crippen LogP contribution in [-0.4, -0.2) is 54.5 Å². The SMILES string of the molecule is CC(C)(C)OC(=O)N1CCNC[C@@H](CO)C1. The molecule has 0 unspecified atom stereocenters. The van der Waals surface area contributed by atoms with Crippen LogP contribution in [0.1, 0.15) is 20.8 Å². The highest BCUT2D eigenvalue weighted by atomic mass is 16.6. The maximum Gasteiger partial charge on any atom is 0.410 e. The number of hydrogen-bond acceptors (Lipinski definition) is 4. The maximum absolute atomic E-state index is 11.8. The second kappa shape index (κ2) is 5.50. The Bertz CT molecular complexity index is 238. The highest BCUT2D eigenvalue weighted by Crippen LogP contribution is 2.12. The molecule has 1 aliphatic heterocycles. The average molecular weight is 230 g/mol. The van der Waals surface area contributed by atoms with Crippen LogP contribution in [0.15, 0.2) is 0 Å². The molecule has 5 heteroatoms. The molecule has 1 rings (SSSR count). The van der Waals surface area contributed by atoms with Crippen molar-refractivity contribution in [2.75, 3.05) is 32.8 Å². The predicted octanol–water partition coefficient (Wildman–Crippen LogP) is 0.435. The number of carbonyl (C=O) groups is 1. The zero-order valence-corrected chi connectivity index (χ0v) is 10.3. The number of aliphatic hydroxyl groups is 1. The molecule has 0 aromatic rings. The Balaban J connectivity index is 2.53. The number of aliphatic hydroxyl groups excluding tert-OH is 1. The molecule has 0 aromatic heterocycles. The first-order valence-corrected chi connectivity index (χ1v) is 5.72. The van der Waals surface area contributed by atoms with Crippen LogP contribution in [0.2, 0.25) is 0 Å². The summed E-state index contributed by atoms with van der Waals surface area (Å²) in [5.41, 5.74) is -0.467. The molecule has 0 saturated carbocycles. The van der Waals surface area contributed by atoms with Crippen LogP contribution in [0, 0.1) is 5.92 Å². The molecular formula is C11H22N2O3. The smallest absolute Gasteiger partial charge is 0.410 e. The van der Waals surface area contributed by atoms with Crippen molar-refractivity contribution in [2.24, 2.45) is 5.92 Å². The van der Waals surface area contributed by atoms with Crippen molar-refractivity contribution in [3.05, 3.63) is 0 Å². The molecular weight excluding hydrogens is 208 g/mol. The summed E-state index contributed by atoms with van der Waals surface area (Å²) in [6.07, 6.45) is -0.297. The summed E-state index contributed by atoms with van der Waals surface area (Å²) < 4.78 is 5.30. The monoisotopic (exact) mass is 230 g/mol. The molecule has 0 aromatic carbocycles. The minimum atomic E-state index is -0.467. The lowest BCUT2D eigenvalue weighted by molar-refractivity contribution is 0.0227. The minimum absolute atomic E-state index is 0.0896. The number of carbonyl (C=O) groups excluding carboxylic acids is 1. The molecule has 1 aliphatic rings. The summed E-state index contributed by atoms with van der Waals surface area (Å²) in [6.45, 7) is 8.32. The summed E-state index contributed by atoms with van der Waals surface area (Å²) in [5.74, 6) is 0.0926. The van der Waals surface area contributed by atoms with E-state index in [0.29, 0.717) is 13.1 Å². The van der Waals surface area contributed by atoms with Crippen molar-refractivity contribution in [1.29, 1.82) is 0 Å². The van der Waals surface area contributed by atoms with E-state index in [0.717, 1.165) is 13.1 Å². The van der Waals surface area contributed by atoms with Gasteiger partial charge in [0.1, 0.15) is 5.60 Å². The molecule has 1 heterocycles. The first-order chi connectivity index (χ1) is 7.42. The summed E-state index contributed by atoms with van der Waals surface area (Å²) in [5, 5.41) is 12.3. The van der Waals surface area contributed by atoms with Gasteiger partial charge in [0.25, 0.3) is 0 Å². The van der Waals surface area contributed by atoms with E-state index in [4.69, 9.17) is 9.84 Å². The molecule has 1 fully saturated rings. The standard InChI is InChI=1S/C11H22N2O3/c1-11(2,3)16-10(15)13-5-4-12-6-9(7-13)8-14/h9,12,14H,4-8H2,1-3H3/t9-/m1/s1. The predicted molar refractivity (Wildman–Crippen MR) is 61.3 cm³/mol. The molecule has 0 spiro atoms. The van der Waals surface area contributed by atoms with Crippen LogP contribution in [0.25, 0.3) is 0 Å². The van der Waals surface area contributed by atoms with Gasteiger partial charge in [0.15, 0.2) is 0 Å². The molecule has 0 bridgehead atoms. The fraction of sp³-hybridized carbons (Fsp3) is 0.909. The maximum atomic E-state index is 11.8. The van der Waals surface area contributed by atoms with Gasteiger partial charge in [-0.05, 0) is 20.8 Å². The van der Waals surface area contributed by atoms with E-state index < -0.39 is 5.60 Å². The second-order valence-corrected chi connectivity index (χ2v) is 5.18. The van der Waals surface area contributed by atoms with E-state index in [1.165, 1.54) is 0 Å². The lowest BCUT2D eigenvalue weighted by Crippen LogP contribution is -2.40. The van der Waals surface area contributed by atoms with Crippen LogP contribution in [0.4, 0.5) is 4.79 Å². The zero-order valence-electron chi connectivity index (χ0n) is 10.3. The quantitative estimate of drug-likeness (QED) is 0.686. The van der Waals surface area contributed by atoms with Gasteiger partial charge < -0.3 is 20.1 Å². The molecule has 1 amide bonds. The largest absolute Gasteiger partial charge is 0.444 e. The van der Waals surface area contributed by atoms with Crippen molar-refractivity contribution in [1.82, 2.24) is 10.2 Å². The van der Waals surface area contributed by atoms with Crippen molar-refractivity contribution in [2.45, 2.75) is 26.4 Å². The van der Waals surface area contributed by atoms with Gasteiger partial charge in [-0.15, -0.1) is 0 Å². The fourth-order valence-corrected chi connectivity index (χ4v) is 1.60. The van der Waals surface area contributed by atoms with Crippen LogP contribution < -0.4 is 5.32 Å². The lowest BCUT2D eigenvalue weighted by atomic mass is 10.1. The third-order valence-electron chi connectivity index (χ3n) is 2.38. The van der Waals surface area contributed by atoms with Crippen LogP contribution in [0.5, 0.6) is 0 Å². The molecule has 5 nitrogen and oxygen atoms in total. The minimum Gasteiger partial charge on any atom is -0.444 e. The third kappa shape index (κ3) is 4.37. The van der Waals surface area contributed by atoms with E-state index in [-0.39, 0.29) is 18.6 Å². The Morgan fingerprint density at radius 1 is 1.56 bits per heavy atom. The van der Waals surface area contributed by atoms with Crippen molar-refractivity contribution >= 4 is 6.09 Å². The van der Waals surface area contributed by atoms with Crippen LogP contribution >= 0.6 is 0 Å². The van der Waals surface area contributed by atoms with Gasteiger partial charge in [-0.3, -0.25) is 0 Å². The van der Waals surface area contributed by atoms with Crippen molar-refractivity contribution in [3.63, 3.8) is 0 Å². The molecule has 0 radical (unpaired) electrons. The van der Waals surface area contributed by atoms with Gasteiger partial charge >= 0.3 is 6.09 Å². The van der Waals surface area contributed by atoms with E-state index in [1.54, 1.807) is 4.90 Å². The highest BCUT2D eigenvalue weighted by Gasteiger charge is 2.25. The molecule has 1 saturated heterocycles. The summed E-state index contributed by atoms with van der Waals surface area (Å²) in [4.78, 5) is 13.5. The van der Waals surface area contributed by atoms with Gasteiger partial charge in [0, 0.05) is 38.7 Å². The summed E-state index contributed by atoms with van der Waals surface area (Å²) >= 11 is 0. The number of nitrogens with one attached hydrogen (secondary N) is 1. The Morgan fingerprint density at radius 2 is 2.25 bits per heavy atom. The Hall–Kier alpha value is -0.810. The zero-order chi connectivity index (χ0) is 12.2. The average Bonchev–Trinajstić information content (AvgIpc) is 2.39. The van der Waals surface area contributed by atoms with Crippen molar-refractivity contribution in [3.8, 4) is 0 Å². The summed E-state index contributed by atoms with van der Waals surface area (Å²) in [7, 11) is 0. The summed E-state index contributed by atoms with van der Waals surface area (Å²) in [6, 6.07) is 0. The van der Waals surface area contributed by atoms with Crippen molar-refractivity contribution < 1.29 is 14.6 Å². The van der Waals surface area contributed by atoms with E-state index in [1.807, 2.05) is 20.8 Å². The second-order valence-electron chi connectivity index (χ2n) is 5.18. The van der Waals surface area contributed by atoms with E-state index in [9.17, 15) is 4.79 Å². The number of rotatable bonds is 1. The number of amides is 1. The fourth-order valence-electron chi connectivity index (χ4n) is 1.60. The Kier molecular flexibility index (Phi) is 4.56. The van der Waals surface area contributed by atoms with Gasteiger partial charge in [-0.2, -0.15) is 0 Å². The molecule has 0 aliphatic carbocycles. The lowest BCUT2D eigenvalue weighted by Gasteiger charge is -2.27. The molecule has 94 valence electrons. The highest BCUT2D eigenvalue weighted by molar-refractivity contribution is 5.68. The number of ether oxygens (including phenoxy) is 1. The van der Waals surface area contributed by atoms with E-state index >= 15 is 0 Å².